The molecule has 0 saturated carbocycles. The Morgan fingerprint density at radius 1 is 1.35 bits per heavy atom. The second-order valence-electron chi connectivity index (χ2n) is 3.88. The number of hydrazine groups is 1. The van der Waals surface area contributed by atoms with Gasteiger partial charge < -0.3 is 0 Å². The van der Waals surface area contributed by atoms with E-state index in [2.05, 4.69) is 22.4 Å². The molecular weight excluding hydrogens is 210 g/mol. The Balaban J connectivity index is 2.43. The second-order valence-corrected chi connectivity index (χ2v) is 3.88. The largest absolute Gasteiger partial charge is 0.271 e. The monoisotopic (exact) mass is 225 g/mol. The highest BCUT2D eigenvalue weighted by atomic mass is 15.2. The molecule has 86 valence electrons. The van der Waals surface area contributed by atoms with Crippen LogP contribution >= 0.6 is 0 Å². The first-order chi connectivity index (χ1) is 8.36. The summed E-state index contributed by atoms with van der Waals surface area (Å²) in [6, 6.07) is 10.1. The van der Waals surface area contributed by atoms with Gasteiger partial charge in [0.1, 0.15) is 0 Å². The van der Waals surface area contributed by atoms with Crippen LogP contribution in [-0.4, -0.2) is 4.98 Å². The number of hydrogen-bond donors (Lipinski definition) is 2. The van der Waals surface area contributed by atoms with Crippen LogP contribution < -0.4 is 11.3 Å². The van der Waals surface area contributed by atoms with Crippen molar-refractivity contribution in [2.24, 2.45) is 5.84 Å². The number of nitrogens with one attached hydrogen (secondary N) is 1. The van der Waals surface area contributed by atoms with Gasteiger partial charge in [0.25, 0.3) is 0 Å². The van der Waals surface area contributed by atoms with E-state index in [0.717, 1.165) is 22.9 Å². The molecule has 0 aliphatic rings. The Morgan fingerprint density at radius 2 is 2.18 bits per heavy atom. The van der Waals surface area contributed by atoms with Gasteiger partial charge in [-0.15, -0.1) is 12.3 Å². The number of para-hydroxylation sites is 1. The standard InChI is InChI=1S/C14H15N3/c1-2-3-7-14(17-15)12-9-10-16-13-8-5-4-6-11(12)13/h1,4-6,8-10,14,17H,3,7,15H2. The predicted molar refractivity (Wildman–Crippen MR) is 69.9 cm³/mol. The maximum Gasteiger partial charge on any atom is 0.0705 e. The molecule has 0 saturated heterocycles. The van der Waals surface area contributed by atoms with E-state index in [1.54, 1.807) is 6.20 Å². The third-order valence-electron chi connectivity index (χ3n) is 2.84. The van der Waals surface area contributed by atoms with E-state index in [1.165, 1.54) is 0 Å². The minimum atomic E-state index is 0.0685. The molecule has 0 radical (unpaired) electrons. The van der Waals surface area contributed by atoms with Crippen LogP contribution in [0.2, 0.25) is 0 Å². The van der Waals surface area contributed by atoms with Gasteiger partial charge >= 0.3 is 0 Å². The molecule has 0 fully saturated rings. The van der Waals surface area contributed by atoms with Crippen molar-refractivity contribution in [3.05, 3.63) is 42.1 Å². The van der Waals surface area contributed by atoms with Crippen molar-refractivity contribution in [1.82, 2.24) is 10.4 Å². The number of rotatable bonds is 4. The van der Waals surface area contributed by atoms with Crippen molar-refractivity contribution in [2.75, 3.05) is 0 Å². The van der Waals surface area contributed by atoms with Crippen LogP contribution in [0.25, 0.3) is 10.9 Å². The summed E-state index contributed by atoms with van der Waals surface area (Å²) in [5.41, 5.74) is 4.95. The van der Waals surface area contributed by atoms with Crippen molar-refractivity contribution in [2.45, 2.75) is 18.9 Å². The van der Waals surface area contributed by atoms with Crippen LogP contribution in [0.5, 0.6) is 0 Å². The summed E-state index contributed by atoms with van der Waals surface area (Å²) < 4.78 is 0. The fraction of sp³-hybridized carbons (Fsp3) is 0.214. The summed E-state index contributed by atoms with van der Waals surface area (Å²) in [4.78, 5) is 4.33. The van der Waals surface area contributed by atoms with Crippen molar-refractivity contribution in [3.8, 4) is 12.3 Å². The third-order valence-corrected chi connectivity index (χ3v) is 2.84. The first kappa shape index (κ1) is 11.6. The summed E-state index contributed by atoms with van der Waals surface area (Å²) in [7, 11) is 0. The zero-order chi connectivity index (χ0) is 12.1. The molecule has 0 amide bonds. The van der Waals surface area contributed by atoms with E-state index in [4.69, 9.17) is 12.3 Å². The van der Waals surface area contributed by atoms with Crippen molar-refractivity contribution in [1.29, 1.82) is 0 Å². The first-order valence-corrected chi connectivity index (χ1v) is 5.60. The van der Waals surface area contributed by atoms with Gasteiger partial charge in [-0.05, 0) is 24.1 Å². The summed E-state index contributed by atoms with van der Waals surface area (Å²) in [5.74, 6) is 8.24. The Bertz CT molecular complexity index is 537. The number of aromatic nitrogens is 1. The molecule has 3 nitrogen and oxygen atoms in total. The highest BCUT2D eigenvalue weighted by Gasteiger charge is 2.12. The van der Waals surface area contributed by atoms with E-state index in [1.807, 2.05) is 24.3 Å². The lowest BCUT2D eigenvalue weighted by Crippen LogP contribution is -2.28. The number of nitrogens with two attached hydrogens (primary N) is 1. The Kier molecular flexibility index (Phi) is 3.71. The molecule has 3 heteroatoms. The van der Waals surface area contributed by atoms with Crippen LogP contribution in [-0.2, 0) is 0 Å². The average Bonchev–Trinajstić information content (AvgIpc) is 2.40. The Morgan fingerprint density at radius 3 is 2.94 bits per heavy atom. The quantitative estimate of drug-likeness (QED) is 0.476. The smallest absolute Gasteiger partial charge is 0.0705 e. The topological polar surface area (TPSA) is 50.9 Å². The molecular formula is C14H15N3. The van der Waals surface area contributed by atoms with Gasteiger partial charge in [-0.25, -0.2) is 0 Å². The van der Waals surface area contributed by atoms with Gasteiger partial charge in [-0.1, -0.05) is 18.2 Å². The normalized spacial score (nSPS) is 12.2. The van der Waals surface area contributed by atoms with Gasteiger partial charge in [0.05, 0.1) is 5.52 Å². The molecule has 2 rings (SSSR count). The predicted octanol–water partition coefficient (Wildman–Crippen LogP) is 2.15. The maximum absolute atomic E-state index is 5.60. The lowest BCUT2D eigenvalue weighted by atomic mass is 9.99. The van der Waals surface area contributed by atoms with Gasteiger partial charge in [-0.2, -0.15) is 0 Å². The molecule has 1 aromatic heterocycles. The Hall–Kier alpha value is -1.89. The number of terminal acetylenes is 1. The van der Waals surface area contributed by atoms with Crippen LogP contribution in [0.15, 0.2) is 36.5 Å². The number of nitrogens with zero attached hydrogens (tertiary/aromatic N) is 1. The van der Waals surface area contributed by atoms with Crippen LogP contribution in [0.4, 0.5) is 0 Å². The number of fused-ring (bicyclic) bond motifs is 1. The van der Waals surface area contributed by atoms with E-state index in [9.17, 15) is 0 Å². The van der Waals surface area contributed by atoms with Crippen molar-refractivity contribution in [3.63, 3.8) is 0 Å². The van der Waals surface area contributed by atoms with E-state index >= 15 is 0 Å². The lowest BCUT2D eigenvalue weighted by molar-refractivity contribution is 0.527. The number of benzene rings is 1. The molecule has 2 aromatic rings. The molecule has 0 spiro atoms. The van der Waals surface area contributed by atoms with Gasteiger partial charge in [0, 0.05) is 24.0 Å². The molecule has 3 N–H and O–H groups in total. The molecule has 0 bridgehead atoms. The Labute approximate surface area is 101 Å². The molecule has 1 heterocycles. The fourth-order valence-corrected chi connectivity index (χ4v) is 1.98. The van der Waals surface area contributed by atoms with Gasteiger partial charge in [0.15, 0.2) is 0 Å². The van der Waals surface area contributed by atoms with E-state index in [0.29, 0.717) is 6.42 Å². The second kappa shape index (κ2) is 5.44. The molecule has 17 heavy (non-hydrogen) atoms. The van der Waals surface area contributed by atoms with Gasteiger partial charge in [-0.3, -0.25) is 16.3 Å². The molecule has 0 aliphatic carbocycles. The zero-order valence-electron chi connectivity index (χ0n) is 9.56. The third kappa shape index (κ3) is 2.44. The molecule has 1 aromatic carbocycles. The highest BCUT2D eigenvalue weighted by molar-refractivity contribution is 5.82. The maximum atomic E-state index is 5.60. The summed E-state index contributed by atoms with van der Waals surface area (Å²) >= 11 is 0. The van der Waals surface area contributed by atoms with Crippen LogP contribution in [0.1, 0.15) is 24.4 Å². The lowest BCUT2D eigenvalue weighted by Gasteiger charge is -2.16. The average molecular weight is 225 g/mol. The SMILES string of the molecule is C#CCCC(NN)c1ccnc2ccccc12. The highest BCUT2D eigenvalue weighted by Crippen LogP contribution is 2.24. The number of pyridine rings is 1. The van der Waals surface area contributed by atoms with Gasteiger partial charge in [0.2, 0.25) is 0 Å². The van der Waals surface area contributed by atoms with Crippen molar-refractivity contribution < 1.29 is 0 Å². The minimum absolute atomic E-state index is 0.0685. The summed E-state index contributed by atoms with van der Waals surface area (Å²) in [6.45, 7) is 0. The van der Waals surface area contributed by atoms with Crippen molar-refractivity contribution >= 4 is 10.9 Å². The molecule has 0 aliphatic heterocycles. The minimum Gasteiger partial charge on any atom is -0.271 e. The molecule has 1 atom stereocenters. The zero-order valence-corrected chi connectivity index (χ0v) is 9.56. The van der Waals surface area contributed by atoms with E-state index in [-0.39, 0.29) is 6.04 Å². The number of hydrogen-bond acceptors (Lipinski definition) is 3. The van der Waals surface area contributed by atoms with Crippen LogP contribution in [0.3, 0.4) is 0 Å². The first-order valence-electron chi connectivity index (χ1n) is 5.60. The van der Waals surface area contributed by atoms with E-state index < -0.39 is 0 Å². The summed E-state index contributed by atoms with van der Waals surface area (Å²) in [6.07, 6.45) is 8.62. The summed E-state index contributed by atoms with van der Waals surface area (Å²) in [5, 5.41) is 1.12. The fourth-order valence-electron chi connectivity index (χ4n) is 1.98. The molecule has 1 unspecified atom stereocenters. The van der Waals surface area contributed by atoms with Crippen LogP contribution in [0, 0.1) is 12.3 Å².